The first-order valence-electron chi connectivity index (χ1n) is 10.4. The van der Waals surface area contributed by atoms with Crippen LogP contribution in [0.25, 0.3) is 16.8 Å². The van der Waals surface area contributed by atoms with Crippen LogP contribution in [0.2, 0.25) is 0 Å². The molecule has 3 heterocycles. The van der Waals surface area contributed by atoms with Gasteiger partial charge in [0, 0.05) is 37.3 Å². The molecule has 4 rings (SSSR count). The maximum absolute atomic E-state index is 14.7. The Kier molecular flexibility index (Phi) is 6.56. The van der Waals surface area contributed by atoms with E-state index in [-0.39, 0.29) is 35.2 Å². The van der Waals surface area contributed by atoms with E-state index < -0.39 is 36.1 Å². The molecule has 0 radical (unpaired) electrons. The number of anilines is 1. The number of hydrogen-bond acceptors (Lipinski definition) is 5. The van der Waals surface area contributed by atoms with Crippen molar-refractivity contribution in [2.24, 2.45) is 0 Å². The first-order chi connectivity index (χ1) is 16.1. The van der Waals surface area contributed by atoms with Crippen molar-refractivity contribution < 1.29 is 35.5 Å². The molecule has 0 spiro atoms. The number of aromatic nitrogens is 3. The van der Waals surface area contributed by atoms with Crippen LogP contribution in [-0.4, -0.2) is 58.0 Å². The molecule has 34 heavy (non-hydrogen) atoms. The summed E-state index contributed by atoms with van der Waals surface area (Å²) in [7, 11) is 0. The summed E-state index contributed by atoms with van der Waals surface area (Å²) in [6.07, 6.45) is -4.39. The van der Waals surface area contributed by atoms with Crippen LogP contribution >= 0.6 is 0 Å². The number of likely N-dealkylation sites (N-methyl/N-ethyl adjacent to an activating group) is 1. The molecule has 1 aliphatic rings. The van der Waals surface area contributed by atoms with Gasteiger partial charge >= 0.3 is 12.8 Å². The van der Waals surface area contributed by atoms with Gasteiger partial charge in [0.25, 0.3) is 0 Å². The van der Waals surface area contributed by atoms with Crippen molar-refractivity contribution in [2.75, 3.05) is 25.0 Å². The zero-order valence-corrected chi connectivity index (χ0v) is 17.8. The lowest BCUT2D eigenvalue weighted by Crippen LogP contribution is -2.47. The van der Waals surface area contributed by atoms with Crippen molar-refractivity contribution in [2.45, 2.75) is 38.3 Å². The number of likely N-dealkylation sites (tertiary alicyclic amines) is 1. The van der Waals surface area contributed by atoms with Crippen LogP contribution < -0.4 is 10.1 Å². The van der Waals surface area contributed by atoms with Gasteiger partial charge in [-0.2, -0.15) is 22.0 Å². The number of hydrogen-bond donors (Lipinski definition) is 1. The summed E-state index contributed by atoms with van der Waals surface area (Å²) in [4.78, 5) is 1.90. The highest BCUT2D eigenvalue weighted by molar-refractivity contribution is 5.82. The molecule has 0 amide bonds. The van der Waals surface area contributed by atoms with E-state index in [2.05, 4.69) is 20.3 Å². The quantitative estimate of drug-likeness (QED) is 0.492. The number of nitrogens with zero attached hydrogens (tertiary/aromatic N) is 4. The van der Waals surface area contributed by atoms with Crippen LogP contribution in [-0.2, 0) is 6.18 Å². The van der Waals surface area contributed by atoms with Crippen LogP contribution in [0.4, 0.5) is 36.7 Å². The number of nitrogens with one attached hydrogen (secondary N) is 1. The molecular weight excluding hydrogens is 471 g/mol. The van der Waals surface area contributed by atoms with E-state index in [0.717, 1.165) is 12.1 Å². The fourth-order valence-corrected chi connectivity index (χ4v) is 4.04. The molecule has 1 saturated heterocycles. The summed E-state index contributed by atoms with van der Waals surface area (Å²) in [6.45, 7) is -0.0839. The Bertz CT molecular complexity index is 1170. The summed E-state index contributed by atoms with van der Waals surface area (Å²) in [6, 6.07) is 2.64. The Labute approximate surface area is 189 Å². The van der Waals surface area contributed by atoms with Gasteiger partial charge in [-0.1, -0.05) is 6.92 Å². The Morgan fingerprint density at radius 1 is 1.18 bits per heavy atom. The maximum Gasteiger partial charge on any atom is 0.416 e. The van der Waals surface area contributed by atoms with Crippen LogP contribution in [0.5, 0.6) is 5.75 Å². The summed E-state index contributed by atoms with van der Waals surface area (Å²) < 4.78 is 99.5. The second kappa shape index (κ2) is 9.28. The predicted molar refractivity (Wildman–Crippen MR) is 109 cm³/mol. The molecule has 6 nitrogen and oxygen atoms in total. The molecule has 1 aromatic carbocycles. The first-order valence-corrected chi connectivity index (χ1v) is 10.4. The fraction of sp³-hybridized carbons (Fsp3) is 0.429. The SMILES string of the molecule is CCN1C[C@H](F)C[C@@H](Nc2nnc(-c3ccc(C(F)(F)F)cc3OC(F)F)c3c(F)ccn23)C1. The predicted octanol–water partition coefficient (Wildman–Crippen LogP) is 5.00. The Hall–Kier alpha value is -3.09. The number of alkyl halides is 6. The third-order valence-electron chi connectivity index (χ3n) is 5.57. The van der Waals surface area contributed by atoms with Crippen molar-refractivity contribution in [3.63, 3.8) is 0 Å². The highest BCUT2D eigenvalue weighted by Gasteiger charge is 2.33. The van der Waals surface area contributed by atoms with E-state index in [1.165, 1.54) is 10.6 Å². The lowest BCUT2D eigenvalue weighted by molar-refractivity contribution is -0.138. The van der Waals surface area contributed by atoms with Gasteiger partial charge in [-0.15, -0.1) is 10.2 Å². The van der Waals surface area contributed by atoms with Crippen molar-refractivity contribution in [1.29, 1.82) is 0 Å². The largest absolute Gasteiger partial charge is 0.434 e. The summed E-state index contributed by atoms with van der Waals surface area (Å²) in [5, 5.41) is 10.9. The van der Waals surface area contributed by atoms with Gasteiger partial charge in [0.05, 0.1) is 5.56 Å². The van der Waals surface area contributed by atoms with E-state index in [1.807, 2.05) is 11.8 Å². The zero-order chi connectivity index (χ0) is 24.6. The van der Waals surface area contributed by atoms with Crippen LogP contribution in [0.1, 0.15) is 18.9 Å². The van der Waals surface area contributed by atoms with Gasteiger partial charge in [0.1, 0.15) is 23.1 Å². The van der Waals surface area contributed by atoms with E-state index in [9.17, 15) is 30.7 Å². The second-order valence-corrected chi connectivity index (χ2v) is 7.87. The van der Waals surface area contributed by atoms with Crippen molar-refractivity contribution in [1.82, 2.24) is 19.5 Å². The molecule has 13 heteroatoms. The summed E-state index contributed by atoms with van der Waals surface area (Å²) in [5.41, 5.74) is -2.02. The van der Waals surface area contributed by atoms with Crippen LogP contribution in [0.3, 0.4) is 0 Å². The summed E-state index contributed by atoms with van der Waals surface area (Å²) >= 11 is 0. The third kappa shape index (κ3) is 4.88. The minimum Gasteiger partial charge on any atom is -0.434 e. The Morgan fingerprint density at radius 3 is 2.62 bits per heavy atom. The molecule has 0 unspecified atom stereocenters. The fourth-order valence-electron chi connectivity index (χ4n) is 4.04. The van der Waals surface area contributed by atoms with Gasteiger partial charge in [0.2, 0.25) is 5.95 Å². The maximum atomic E-state index is 14.7. The highest BCUT2D eigenvalue weighted by atomic mass is 19.4. The zero-order valence-electron chi connectivity index (χ0n) is 17.8. The Morgan fingerprint density at radius 2 is 1.94 bits per heavy atom. The molecule has 0 saturated carbocycles. The van der Waals surface area contributed by atoms with Gasteiger partial charge in [-0.3, -0.25) is 9.30 Å². The summed E-state index contributed by atoms with van der Waals surface area (Å²) in [5.74, 6) is -1.56. The lowest BCUT2D eigenvalue weighted by atomic mass is 10.0. The van der Waals surface area contributed by atoms with Crippen LogP contribution in [0.15, 0.2) is 30.5 Å². The number of benzene rings is 1. The Balaban J connectivity index is 1.76. The number of piperidine rings is 1. The normalized spacial score (nSPS) is 19.7. The smallest absolute Gasteiger partial charge is 0.416 e. The van der Waals surface area contributed by atoms with E-state index >= 15 is 0 Å². The molecule has 3 aromatic rings. The third-order valence-corrected chi connectivity index (χ3v) is 5.57. The highest BCUT2D eigenvalue weighted by Crippen LogP contribution is 2.39. The number of halogens is 7. The molecule has 1 fully saturated rings. The van der Waals surface area contributed by atoms with E-state index in [1.54, 1.807) is 0 Å². The second-order valence-electron chi connectivity index (χ2n) is 7.87. The van der Waals surface area contributed by atoms with Gasteiger partial charge < -0.3 is 10.1 Å². The number of ether oxygens (including phenoxy) is 1. The van der Waals surface area contributed by atoms with E-state index in [0.29, 0.717) is 31.8 Å². The minimum atomic E-state index is -4.81. The first kappa shape index (κ1) is 24.0. The minimum absolute atomic E-state index is 0.0704. The van der Waals surface area contributed by atoms with Gasteiger partial charge in [0.15, 0.2) is 5.82 Å². The van der Waals surface area contributed by atoms with Crippen molar-refractivity contribution >= 4 is 11.5 Å². The van der Waals surface area contributed by atoms with Gasteiger partial charge in [-0.25, -0.2) is 8.78 Å². The lowest BCUT2D eigenvalue weighted by Gasteiger charge is -2.34. The topological polar surface area (TPSA) is 54.7 Å². The molecule has 2 atom stereocenters. The molecular formula is C21H20F7N5O. The standard InChI is InChI=1S/C21H20F7N5O/c1-2-32-9-12(22)8-13(10-32)29-20-31-30-17(18-15(23)5-6-33(18)20)14-4-3-11(21(26,27)28)7-16(14)34-19(24)25/h3-7,12-13,19H,2,8-10H2,1H3,(H,29,31)/t12-,13-/m1/s1. The molecule has 1 aliphatic heterocycles. The average molecular weight is 491 g/mol. The number of rotatable bonds is 6. The van der Waals surface area contributed by atoms with E-state index in [4.69, 9.17) is 0 Å². The molecule has 1 N–H and O–H groups in total. The molecule has 2 aromatic heterocycles. The molecule has 184 valence electrons. The monoisotopic (exact) mass is 491 g/mol. The van der Waals surface area contributed by atoms with Crippen molar-refractivity contribution in [3.05, 3.63) is 41.8 Å². The number of fused-ring (bicyclic) bond motifs is 1. The van der Waals surface area contributed by atoms with Crippen molar-refractivity contribution in [3.8, 4) is 17.0 Å². The van der Waals surface area contributed by atoms with Gasteiger partial charge in [-0.05, 0) is 30.8 Å². The van der Waals surface area contributed by atoms with Crippen LogP contribution in [0, 0.1) is 5.82 Å². The molecule has 0 aliphatic carbocycles. The molecule has 0 bridgehead atoms. The average Bonchev–Trinajstić information content (AvgIpc) is 3.15.